The summed E-state index contributed by atoms with van der Waals surface area (Å²) in [5.41, 5.74) is 10.3. The van der Waals surface area contributed by atoms with Gasteiger partial charge in [-0.3, -0.25) is 4.99 Å². The van der Waals surface area contributed by atoms with Crippen molar-refractivity contribution in [2.24, 2.45) is 22.4 Å². The van der Waals surface area contributed by atoms with Gasteiger partial charge in [0.05, 0.1) is 0 Å². The van der Waals surface area contributed by atoms with E-state index in [4.69, 9.17) is 11.5 Å². The molecule has 0 spiro atoms. The molecule has 0 aromatic carbocycles. The van der Waals surface area contributed by atoms with Gasteiger partial charge in [0, 0.05) is 6.54 Å². The average molecular weight is 177 g/mol. The number of rotatable bonds is 4. The zero-order valence-electron chi connectivity index (χ0n) is 7.30. The maximum absolute atomic E-state index is 5.14. The normalized spacial score (nSPS) is 9.00. The highest BCUT2D eigenvalue weighted by Gasteiger charge is 1.91. The Morgan fingerprint density at radius 1 is 1.36 bits per heavy atom. The Kier molecular flexibility index (Phi) is 9.29. The Balaban J connectivity index is 0. The molecule has 0 radical (unpaired) electrons. The van der Waals surface area contributed by atoms with Crippen molar-refractivity contribution in [3.8, 4) is 0 Å². The number of hydrogen-bond donors (Lipinski definition) is 2. The van der Waals surface area contributed by atoms with Crippen molar-refractivity contribution < 1.29 is 0 Å². The summed E-state index contributed by atoms with van der Waals surface area (Å²) in [7, 11) is 0. The minimum atomic E-state index is 0. The molecule has 0 aliphatic carbocycles. The largest absolute Gasteiger partial charge is 0.370 e. The molecule has 68 valence electrons. The second-order valence-electron chi connectivity index (χ2n) is 2.84. The van der Waals surface area contributed by atoms with E-state index in [1.807, 2.05) is 0 Å². The van der Waals surface area contributed by atoms with E-state index in [2.05, 4.69) is 18.8 Å². The Morgan fingerprint density at radius 2 is 1.91 bits per heavy atom. The smallest absolute Gasteiger partial charge is 0.185 e. The third-order valence-electron chi connectivity index (χ3n) is 1.23. The van der Waals surface area contributed by atoms with Gasteiger partial charge in [0.25, 0.3) is 0 Å². The van der Waals surface area contributed by atoms with Crippen LogP contribution in [-0.2, 0) is 0 Å². The molecular formula is C7H19N3S. The van der Waals surface area contributed by atoms with Crippen LogP contribution in [0.25, 0.3) is 0 Å². The molecule has 0 atom stereocenters. The summed E-state index contributed by atoms with van der Waals surface area (Å²) in [6.07, 6.45) is 2.27. The first-order valence-corrected chi connectivity index (χ1v) is 3.68. The van der Waals surface area contributed by atoms with Crippen molar-refractivity contribution in [3.05, 3.63) is 0 Å². The van der Waals surface area contributed by atoms with Crippen molar-refractivity contribution >= 4 is 19.5 Å². The fraction of sp³-hybridized carbons (Fsp3) is 0.857. The summed E-state index contributed by atoms with van der Waals surface area (Å²) >= 11 is 0. The summed E-state index contributed by atoms with van der Waals surface area (Å²) in [6.45, 7) is 5.14. The standard InChI is InChI=1S/C7H17N3.H2S/c1-6(2)4-3-5-10-7(8)9;/h6H,3-5H2,1-2H3,(H4,8,9,10);1H2. The zero-order valence-corrected chi connectivity index (χ0v) is 8.30. The van der Waals surface area contributed by atoms with E-state index >= 15 is 0 Å². The molecule has 0 amide bonds. The number of guanidine groups is 1. The van der Waals surface area contributed by atoms with Crippen molar-refractivity contribution in [1.29, 1.82) is 0 Å². The van der Waals surface area contributed by atoms with Gasteiger partial charge in [-0.25, -0.2) is 0 Å². The van der Waals surface area contributed by atoms with E-state index in [9.17, 15) is 0 Å². The molecule has 0 saturated carbocycles. The van der Waals surface area contributed by atoms with E-state index in [0.717, 1.165) is 18.9 Å². The summed E-state index contributed by atoms with van der Waals surface area (Å²) in [5.74, 6) is 0.943. The monoisotopic (exact) mass is 177 g/mol. The van der Waals surface area contributed by atoms with Gasteiger partial charge in [-0.15, -0.1) is 0 Å². The predicted octanol–water partition coefficient (Wildman–Crippen LogP) is 0.809. The summed E-state index contributed by atoms with van der Waals surface area (Å²) in [6, 6.07) is 0. The molecule has 0 bridgehead atoms. The van der Waals surface area contributed by atoms with E-state index in [1.54, 1.807) is 0 Å². The van der Waals surface area contributed by atoms with Gasteiger partial charge in [-0.2, -0.15) is 13.5 Å². The lowest BCUT2D eigenvalue weighted by Gasteiger charge is -2.00. The predicted molar refractivity (Wildman–Crippen MR) is 55.1 cm³/mol. The molecule has 4 heteroatoms. The molecule has 0 aliphatic heterocycles. The van der Waals surface area contributed by atoms with E-state index < -0.39 is 0 Å². The topological polar surface area (TPSA) is 64.4 Å². The lowest BCUT2D eigenvalue weighted by molar-refractivity contribution is 0.561. The average Bonchev–Trinajstić information content (AvgIpc) is 1.79. The molecule has 4 N–H and O–H groups in total. The van der Waals surface area contributed by atoms with Gasteiger partial charge in [0.1, 0.15) is 0 Å². The molecule has 0 rings (SSSR count). The molecule has 0 heterocycles. The Hall–Kier alpha value is -0.380. The lowest BCUT2D eigenvalue weighted by atomic mass is 10.1. The quantitative estimate of drug-likeness (QED) is 0.379. The van der Waals surface area contributed by atoms with E-state index in [0.29, 0.717) is 0 Å². The molecule has 0 aliphatic rings. The molecule has 0 aromatic heterocycles. The molecule has 0 aromatic rings. The van der Waals surface area contributed by atoms with Crippen LogP contribution in [0, 0.1) is 5.92 Å². The molecule has 0 fully saturated rings. The van der Waals surface area contributed by atoms with E-state index in [-0.39, 0.29) is 19.5 Å². The van der Waals surface area contributed by atoms with Crippen LogP contribution in [0.1, 0.15) is 26.7 Å². The first-order chi connectivity index (χ1) is 4.63. The lowest BCUT2D eigenvalue weighted by Crippen LogP contribution is -2.22. The number of nitrogens with zero attached hydrogens (tertiary/aromatic N) is 1. The van der Waals surface area contributed by atoms with Crippen LogP contribution in [0.3, 0.4) is 0 Å². The van der Waals surface area contributed by atoms with Crippen LogP contribution in [0.5, 0.6) is 0 Å². The van der Waals surface area contributed by atoms with Gasteiger partial charge in [0.2, 0.25) is 0 Å². The second kappa shape index (κ2) is 7.72. The molecule has 11 heavy (non-hydrogen) atoms. The van der Waals surface area contributed by atoms with Crippen molar-refractivity contribution in [1.82, 2.24) is 0 Å². The van der Waals surface area contributed by atoms with Gasteiger partial charge < -0.3 is 11.5 Å². The fourth-order valence-electron chi connectivity index (χ4n) is 0.708. The van der Waals surface area contributed by atoms with Gasteiger partial charge >= 0.3 is 0 Å². The molecular weight excluding hydrogens is 158 g/mol. The van der Waals surface area contributed by atoms with Crippen molar-refractivity contribution in [3.63, 3.8) is 0 Å². The third kappa shape index (κ3) is 12.7. The maximum Gasteiger partial charge on any atom is 0.185 e. The Bertz CT molecular complexity index is 108. The van der Waals surface area contributed by atoms with Gasteiger partial charge in [-0.1, -0.05) is 13.8 Å². The molecule has 0 unspecified atom stereocenters. The number of aliphatic imine (C=N–C) groups is 1. The van der Waals surface area contributed by atoms with Gasteiger partial charge in [-0.05, 0) is 18.8 Å². The zero-order chi connectivity index (χ0) is 7.98. The Morgan fingerprint density at radius 3 is 2.27 bits per heavy atom. The van der Waals surface area contributed by atoms with Gasteiger partial charge in [0.15, 0.2) is 5.96 Å². The van der Waals surface area contributed by atoms with Crippen molar-refractivity contribution in [2.75, 3.05) is 6.54 Å². The van der Waals surface area contributed by atoms with Crippen LogP contribution in [-0.4, -0.2) is 12.5 Å². The van der Waals surface area contributed by atoms with Crippen LogP contribution < -0.4 is 11.5 Å². The Labute approximate surface area is 75.7 Å². The maximum atomic E-state index is 5.14. The van der Waals surface area contributed by atoms with Crippen LogP contribution >= 0.6 is 13.5 Å². The minimum Gasteiger partial charge on any atom is -0.370 e. The highest BCUT2D eigenvalue weighted by Crippen LogP contribution is 2.02. The summed E-state index contributed by atoms with van der Waals surface area (Å²) < 4.78 is 0. The fourth-order valence-corrected chi connectivity index (χ4v) is 0.708. The second-order valence-corrected chi connectivity index (χ2v) is 2.84. The number of nitrogens with two attached hydrogens (primary N) is 2. The third-order valence-corrected chi connectivity index (χ3v) is 1.23. The SMILES string of the molecule is CC(C)CCCN=C(N)N.S. The highest BCUT2D eigenvalue weighted by molar-refractivity contribution is 7.59. The highest BCUT2D eigenvalue weighted by atomic mass is 32.1. The van der Waals surface area contributed by atoms with E-state index in [1.165, 1.54) is 6.42 Å². The number of hydrogen-bond acceptors (Lipinski definition) is 1. The first kappa shape index (κ1) is 13.2. The van der Waals surface area contributed by atoms with Crippen LogP contribution in [0.4, 0.5) is 0 Å². The summed E-state index contributed by atoms with van der Waals surface area (Å²) in [5, 5.41) is 0. The first-order valence-electron chi connectivity index (χ1n) is 3.68. The molecule has 3 nitrogen and oxygen atoms in total. The van der Waals surface area contributed by atoms with Crippen LogP contribution in [0.2, 0.25) is 0 Å². The van der Waals surface area contributed by atoms with Crippen LogP contribution in [0.15, 0.2) is 4.99 Å². The van der Waals surface area contributed by atoms with Crippen molar-refractivity contribution in [2.45, 2.75) is 26.7 Å². The molecule has 0 saturated heterocycles. The summed E-state index contributed by atoms with van der Waals surface area (Å²) in [4.78, 5) is 3.87. The minimum absolute atomic E-state index is 0.